The van der Waals surface area contributed by atoms with Crippen molar-refractivity contribution in [3.8, 4) is 11.8 Å². The van der Waals surface area contributed by atoms with Gasteiger partial charge < -0.3 is 5.32 Å². The molecule has 1 N–H and O–H groups in total. The van der Waals surface area contributed by atoms with Gasteiger partial charge in [0.2, 0.25) is 5.91 Å². The van der Waals surface area contributed by atoms with E-state index in [1.807, 2.05) is 19.1 Å². The first-order valence-electron chi connectivity index (χ1n) is 6.22. The van der Waals surface area contributed by atoms with E-state index >= 15 is 0 Å². The fraction of sp³-hybridized carbons (Fsp3) is 0.214. The lowest BCUT2D eigenvalue weighted by Gasteiger charge is -2.12. The number of carbonyl (C=O) groups is 1. The molecule has 21 heavy (non-hydrogen) atoms. The van der Waals surface area contributed by atoms with Crippen LogP contribution in [0.1, 0.15) is 25.0 Å². The lowest BCUT2D eigenvalue weighted by Crippen LogP contribution is -2.12. The summed E-state index contributed by atoms with van der Waals surface area (Å²) in [6.45, 7) is 3.33. The van der Waals surface area contributed by atoms with Gasteiger partial charge in [0.1, 0.15) is 11.6 Å². The molecule has 0 aliphatic rings. The highest BCUT2D eigenvalue weighted by Crippen LogP contribution is 2.34. The zero-order chi connectivity index (χ0) is 15.6. The third kappa shape index (κ3) is 2.87. The van der Waals surface area contributed by atoms with Crippen molar-refractivity contribution < 1.29 is 4.79 Å². The fourth-order valence-electron chi connectivity index (χ4n) is 1.92. The molecule has 1 heterocycles. The highest BCUT2D eigenvalue weighted by molar-refractivity contribution is 6.43. The molecule has 0 bridgehead atoms. The van der Waals surface area contributed by atoms with Crippen molar-refractivity contribution in [3.63, 3.8) is 0 Å². The number of aryl methyl sites for hydroxylation is 1. The maximum absolute atomic E-state index is 11.3. The van der Waals surface area contributed by atoms with E-state index in [1.54, 1.807) is 6.07 Å². The molecule has 0 radical (unpaired) electrons. The van der Waals surface area contributed by atoms with Crippen LogP contribution in [0.4, 0.5) is 5.82 Å². The van der Waals surface area contributed by atoms with E-state index in [9.17, 15) is 4.79 Å². The summed E-state index contributed by atoms with van der Waals surface area (Å²) in [4.78, 5) is 11.3. The SMILES string of the molecule is CCc1ccc(-n2ncc(C#N)c2NC(C)=O)c(Cl)c1Cl. The third-order valence-corrected chi connectivity index (χ3v) is 3.85. The lowest BCUT2D eigenvalue weighted by atomic mass is 10.1. The van der Waals surface area contributed by atoms with Crippen LogP contribution in [0.15, 0.2) is 18.3 Å². The lowest BCUT2D eigenvalue weighted by molar-refractivity contribution is -0.114. The van der Waals surface area contributed by atoms with E-state index in [0.29, 0.717) is 15.7 Å². The molecule has 0 fully saturated rings. The molecule has 1 aromatic carbocycles. The van der Waals surface area contributed by atoms with E-state index in [4.69, 9.17) is 28.5 Å². The van der Waals surface area contributed by atoms with Crippen LogP contribution in [0.3, 0.4) is 0 Å². The number of aromatic nitrogens is 2. The summed E-state index contributed by atoms with van der Waals surface area (Å²) in [6, 6.07) is 5.57. The number of halogens is 2. The van der Waals surface area contributed by atoms with E-state index in [2.05, 4.69) is 10.4 Å². The van der Waals surface area contributed by atoms with Crippen molar-refractivity contribution >= 4 is 34.9 Å². The van der Waals surface area contributed by atoms with Gasteiger partial charge in [0.05, 0.1) is 21.9 Å². The maximum atomic E-state index is 11.3. The monoisotopic (exact) mass is 322 g/mol. The van der Waals surface area contributed by atoms with E-state index in [-0.39, 0.29) is 17.3 Å². The number of carbonyl (C=O) groups excluding carboxylic acids is 1. The second-order valence-corrected chi connectivity index (χ2v) is 5.09. The Morgan fingerprint density at radius 2 is 2.14 bits per heavy atom. The van der Waals surface area contributed by atoms with Crippen LogP contribution in [-0.4, -0.2) is 15.7 Å². The summed E-state index contributed by atoms with van der Waals surface area (Å²) in [5.41, 5.74) is 1.67. The maximum Gasteiger partial charge on any atom is 0.222 e. The van der Waals surface area contributed by atoms with Crippen LogP contribution in [-0.2, 0) is 11.2 Å². The number of hydrogen-bond donors (Lipinski definition) is 1. The summed E-state index contributed by atoms with van der Waals surface area (Å²) in [5, 5.41) is 16.5. The zero-order valence-corrected chi connectivity index (χ0v) is 13.0. The van der Waals surface area contributed by atoms with Gasteiger partial charge in [-0.2, -0.15) is 10.4 Å². The first-order chi connectivity index (χ1) is 9.99. The van der Waals surface area contributed by atoms with Gasteiger partial charge in [-0.3, -0.25) is 4.79 Å². The molecule has 2 aromatic rings. The number of hydrogen-bond acceptors (Lipinski definition) is 3. The molecule has 7 heteroatoms. The van der Waals surface area contributed by atoms with Gasteiger partial charge in [-0.1, -0.05) is 36.2 Å². The van der Waals surface area contributed by atoms with E-state index in [1.165, 1.54) is 17.8 Å². The van der Waals surface area contributed by atoms with E-state index < -0.39 is 0 Å². The smallest absolute Gasteiger partial charge is 0.222 e. The zero-order valence-electron chi connectivity index (χ0n) is 11.4. The summed E-state index contributed by atoms with van der Waals surface area (Å²) in [7, 11) is 0. The number of nitrogens with one attached hydrogen (secondary N) is 1. The van der Waals surface area contributed by atoms with Gasteiger partial charge >= 0.3 is 0 Å². The first kappa shape index (κ1) is 15.4. The second kappa shape index (κ2) is 6.17. The average molecular weight is 323 g/mol. The topological polar surface area (TPSA) is 70.7 Å². The predicted octanol–water partition coefficient (Wildman–Crippen LogP) is 3.57. The molecule has 2 rings (SSSR count). The van der Waals surface area contributed by atoms with Crippen molar-refractivity contribution in [1.82, 2.24) is 9.78 Å². The summed E-state index contributed by atoms with van der Waals surface area (Å²) in [6.07, 6.45) is 2.11. The molecule has 5 nitrogen and oxygen atoms in total. The molecule has 0 aliphatic carbocycles. The third-order valence-electron chi connectivity index (χ3n) is 2.94. The van der Waals surface area contributed by atoms with Crippen molar-refractivity contribution in [1.29, 1.82) is 5.26 Å². The van der Waals surface area contributed by atoms with Gasteiger partial charge in [-0.25, -0.2) is 4.68 Å². The van der Waals surface area contributed by atoms with Gasteiger partial charge in [0, 0.05) is 6.92 Å². The Balaban J connectivity index is 2.63. The van der Waals surface area contributed by atoms with E-state index in [0.717, 1.165) is 12.0 Å². The molecule has 0 aliphatic heterocycles. The number of rotatable bonds is 3. The number of nitriles is 1. The van der Waals surface area contributed by atoms with Crippen molar-refractivity contribution in [3.05, 3.63) is 39.5 Å². The molecule has 0 atom stereocenters. The van der Waals surface area contributed by atoms with Gasteiger partial charge in [-0.15, -0.1) is 0 Å². The minimum absolute atomic E-state index is 0.247. The fourth-order valence-corrected chi connectivity index (χ4v) is 2.47. The minimum atomic E-state index is -0.305. The Hall–Kier alpha value is -2.03. The van der Waals surface area contributed by atoms with Crippen LogP contribution in [0.5, 0.6) is 0 Å². The molecule has 0 unspecified atom stereocenters. The Morgan fingerprint density at radius 3 is 2.71 bits per heavy atom. The molecular weight excluding hydrogens is 311 g/mol. The number of nitrogens with zero attached hydrogens (tertiary/aromatic N) is 3. The Kier molecular flexibility index (Phi) is 4.51. The molecule has 0 saturated carbocycles. The van der Waals surface area contributed by atoms with Gasteiger partial charge in [0.25, 0.3) is 0 Å². The van der Waals surface area contributed by atoms with Crippen molar-refractivity contribution in [2.45, 2.75) is 20.3 Å². The van der Waals surface area contributed by atoms with Crippen LogP contribution in [0, 0.1) is 11.3 Å². The van der Waals surface area contributed by atoms with Crippen molar-refractivity contribution in [2.24, 2.45) is 0 Å². The largest absolute Gasteiger partial charge is 0.310 e. The molecule has 108 valence electrons. The summed E-state index contributed by atoms with van der Waals surface area (Å²) >= 11 is 12.5. The average Bonchev–Trinajstić information content (AvgIpc) is 2.84. The summed E-state index contributed by atoms with van der Waals surface area (Å²) in [5.74, 6) is -0.0344. The second-order valence-electron chi connectivity index (χ2n) is 4.34. The van der Waals surface area contributed by atoms with Crippen LogP contribution < -0.4 is 5.32 Å². The number of amides is 1. The standard InChI is InChI=1S/C14H12Cl2N4O/c1-3-9-4-5-11(13(16)12(9)15)20-14(19-8(2)21)10(6-17)7-18-20/h4-5,7H,3H2,1-2H3,(H,19,21). The van der Waals surface area contributed by atoms with Crippen molar-refractivity contribution in [2.75, 3.05) is 5.32 Å². The summed E-state index contributed by atoms with van der Waals surface area (Å²) < 4.78 is 1.40. The van der Waals surface area contributed by atoms with Gasteiger partial charge in [0.15, 0.2) is 5.82 Å². The Bertz CT molecular complexity index is 746. The quantitative estimate of drug-likeness (QED) is 0.938. The van der Waals surface area contributed by atoms with Crippen LogP contribution in [0.2, 0.25) is 10.0 Å². The van der Waals surface area contributed by atoms with Gasteiger partial charge in [-0.05, 0) is 18.1 Å². The molecular formula is C14H12Cl2N4O. The Labute approximate surface area is 132 Å². The normalized spacial score (nSPS) is 10.2. The molecule has 1 amide bonds. The molecule has 1 aromatic heterocycles. The predicted molar refractivity (Wildman–Crippen MR) is 82.0 cm³/mol. The number of benzene rings is 1. The molecule has 0 spiro atoms. The first-order valence-corrected chi connectivity index (χ1v) is 6.98. The molecule has 0 saturated heterocycles. The minimum Gasteiger partial charge on any atom is -0.310 e. The van der Waals surface area contributed by atoms with Crippen LogP contribution >= 0.6 is 23.2 Å². The highest BCUT2D eigenvalue weighted by atomic mass is 35.5. The van der Waals surface area contributed by atoms with Crippen LogP contribution in [0.25, 0.3) is 5.69 Å². The number of anilines is 1. The Morgan fingerprint density at radius 1 is 1.43 bits per heavy atom. The highest BCUT2D eigenvalue weighted by Gasteiger charge is 2.17.